The van der Waals surface area contributed by atoms with E-state index in [-0.39, 0.29) is 29.5 Å². The second-order valence-corrected chi connectivity index (χ2v) is 11.0. The van der Waals surface area contributed by atoms with Crippen molar-refractivity contribution in [1.82, 2.24) is 9.13 Å². The summed E-state index contributed by atoms with van der Waals surface area (Å²) < 4.78 is 9.14. The molecule has 2 atom stereocenters. The highest BCUT2D eigenvalue weighted by Gasteiger charge is 2.33. The van der Waals surface area contributed by atoms with E-state index in [1.54, 1.807) is 4.57 Å². The van der Waals surface area contributed by atoms with Gasteiger partial charge >= 0.3 is 11.7 Å². The molecule has 2 fully saturated rings. The first-order valence-electron chi connectivity index (χ1n) is 14.4. The summed E-state index contributed by atoms with van der Waals surface area (Å²) in [6.45, 7) is 6.24. The molecule has 0 radical (unpaired) electrons. The number of hydrogen-bond donors (Lipinski definition) is 0. The third-order valence-corrected chi connectivity index (χ3v) is 8.78. The Hall–Kier alpha value is -3.28. The highest BCUT2D eigenvalue weighted by Crippen LogP contribution is 2.35. The van der Waals surface area contributed by atoms with Crippen molar-refractivity contribution in [2.75, 3.05) is 24.6 Å². The topological polar surface area (TPSA) is 56.5 Å². The van der Waals surface area contributed by atoms with Gasteiger partial charge in [-0.2, -0.15) is 0 Å². The standard InChI is InChI=1S/C32H41N3O3/c1-3-38-31(36)30(26-12-8-5-9-13-26)27-18-20-33(21-19-27)28-14-16-29(17-15-28)35-23-22-34(32(35)37)24(2)25-10-6-4-7-11-25/h5,8-9,12-17,22-25,27,30H,3-4,6-7,10-11,18-21H2,1-2H3/t24-,30?/m1/s1. The fourth-order valence-corrected chi connectivity index (χ4v) is 6.55. The van der Waals surface area contributed by atoms with Crippen LogP contribution in [0.3, 0.4) is 0 Å². The lowest BCUT2D eigenvalue weighted by Crippen LogP contribution is -2.37. The van der Waals surface area contributed by atoms with Crippen molar-refractivity contribution in [2.24, 2.45) is 11.8 Å². The van der Waals surface area contributed by atoms with Crippen LogP contribution in [-0.4, -0.2) is 34.8 Å². The van der Waals surface area contributed by atoms with E-state index in [9.17, 15) is 9.59 Å². The van der Waals surface area contributed by atoms with Crippen molar-refractivity contribution in [2.45, 2.75) is 70.8 Å². The number of esters is 1. The van der Waals surface area contributed by atoms with Gasteiger partial charge in [-0.1, -0.05) is 49.6 Å². The minimum Gasteiger partial charge on any atom is -0.466 e. The van der Waals surface area contributed by atoms with E-state index >= 15 is 0 Å². The number of aromatic nitrogens is 2. The molecule has 6 nitrogen and oxygen atoms in total. The van der Waals surface area contributed by atoms with Crippen LogP contribution in [-0.2, 0) is 9.53 Å². The van der Waals surface area contributed by atoms with Crippen LogP contribution in [0, 0.1) is 11.8 Å². The summed E-state index contributed by atoms with van der Waals surface area (Å²) >= 11 is 0. The average Bonchev–Trinajstić information content (AvgIpc) is 3.35. The predicted octanol–water partition coefficient (Wildman–Crippen LogP) is 6.34. The van der Waals surface area contributed by atoms with E-state index in [0.717, 1.165) is 42.9 Å². The molecule has 0 spiro atoms. The number of imidazole rings is 1. The van der Waals surface area contributed by atoms with Crippen LogP contribution in [0.15, 0.2) is 71.8 Å². The number of carbonyl (C=O) groups is 1. The van der Waals surface area contributed by atoms with Gasteiger partial charge in [0.25, 0.3) is 0 Å². The summed E-state index contributed by atoms with van der Waals surface area (Å²) in [5, 5.41) is 0. The van der Waals surface area contributed by atoms with Crippen molar-refractivity contribution in [3.05, 3.63) is 83.0 Å². The maximum absolute atomic E-state index is 13.2. The largest absolute Gasteiger partial charge is 0.466 e. The molecule has 2 aromatic carbocycles. The Labute approximate surface area is 226 Å². The normalized spacial score (nSPS) is 18.7. The zero-order valence-corrected chi connectivity index (χ0v) is 22.8. The highest BCUT2D eigenvalue weighted by molar-refractivity contribution is 5.78. The number of rotatable bonds is 8. The van der Waals surface area contributed by atoms with Crippen LogP contribution in [0.1, 0.15) is 76.3 Å². The van der Waals surface area contributed by atoms with Gasteiger partial charge in [-0.05, 0) is 81.2 Å². The second kappa shape index (κ2) is 12.1. The quantitative estimate of drug-likeness (QED) is 0.328. The number of benzene rings is 2. The van der Waals surface area contributed by atoms with Crippen LogP contribution in [0.4, 0.5) is 5.69 Å². The molecule has 3 aromatic rings. The van der Waals surface area contributed by atoms with E-state index in [1.807, 2.05) is 66.3 Å². The van der Waals surface area contributed by atoms with Crippen LogP contribution in [0.2, 0.25) is 0 Å². The summed E-state index contributed by atoms with van der Waals surface area (Å²) in [5.74, 6) is 0.522. The van der Waals surface area contributed by atoms with Crippen molar-refractivity contribution in [3.8, 4) is 5.69 Å². The minimum absolute atomic E-state index is 0.0440. The Bertz CT molecular complexity index is 1230. The van der Waals surface area contributed by atoms with E-state index in [1.165, 1.54) is 32.1 Å². The summed E-state index contributed by atoms with van der Waals surface area (Å²) in [7, 11) is 0. The van der Waals surface area contributed by atoms with Gasteiger partial charge < -0.3 is 9.64 Å². The van der Waals surface area contributed by atoms with E-state index in [0.29, 0.717) is 12.5 Å². The molecule has 6 heteroatoms. The van der Waals surface area contributed by atoms with E-state index < -0.39 is 0 Å². The first-order valence-corrected chi connectivity index (χ1v) is 14.4. The van der Waals surface area contributed by atoms with Crippen molar-refractivity contribution in [1.29, 1.82) is 0 Å². The molecule has 5 rings (SSSR count). The third-order valence-electron chi connectivity index (χ3n) is 8.78. The Morgan fingerprint density at radius 3 is 2.18 bits per heavy atom. The molecule has 0 bridgehead atoms. The fraction of sp³-hybridized carbons (Fsp3) is 0.500. The Morgan fingerprint density at radius 2 is 1.53 bits per heavy atom. The lowest BCUT2D eigenvalue weighted by atomic mass is 9.80. The summed E-state index contributed by atoms with van der Waals surface area (Å²) in [5.41, 5.74) is 3.14. The van der Waals surface area contributed by atoms with Crippen molar-refractivity contribution >= 4 is 11.7 Å². The zero-order valence-electron chi connectivity index (χ0n) is 22.8. The van der Waals surface area contributed by atoms with Gasteiger partial charge in [0.1, 0.15) is 0 Å². The maximum atomic E-state index is 13.2. The van der Waals surface area contributed by atoms with E-state index in [4.69, 9.17) is 4.74 Å². The van der Waals surface area contributed by atoms with Crippen LogP contribution in [0.5, 0.6) is 0 Å². The second-order valence-electron chi connectivity index (χ2n) is 11.0. The third kappa shape index (κ3) is 5.59. The van der Waals surface area contributed by atoms with Crippen LogP contribution >= 0.6 is 0 Å². The number of nitrogens with zero attached hydrogens (tertiary/aromatic N) is 3. The lowest BCUT2D eigenvalue weighted by Gasteiger charge is -2.36. The van der Waals surface area contributed by atoms with Gasteiger partial charge in [-0.15, -0.1) is 0 Å². The highest BCUT2D eigenvalue weighted by atomic mass is 16.5. The van der Waals surface area contributed by atoms with E-state index in [2.05, 4.69) is 24.0 Å². The number of piperidine rings is 1. The van der Waals surface area contributed by atoms with Gasteiger partial charge in [0.2, 0.25) is 0 Å². The predicted molar refractivity (Wildman–Crippen MR) is 152 cm³/mol. The summed E-state index contributed by atoms with van der Waals surface area (Å²) in [4.78, 5) is 28.5. The molecule has 1 saturated carbocycles. The number of anilines is 1. The molecular formula is C32H41N3O3. The van der Waals surface area contributed by atoms with Crippen LogP contribution < -0.4 is 10.6 Å². The Morgan fingerprint density at radius 1 is 0.868 bits per heavy atom. The first kappa shape index (κ1) is 26.3. The van der Waals surface area contributed by atoms with Crippen molar-refractivity contribution in [3.63, 3.8) is 0 Å². The smallest absolute Gasteiger partial charge is 0.332 e. The molecule has 1 unspecified atom stereocenters. The fourth-order valence-electron chi connectivity index (χ4n) is 6.55. The Balaban J connectivity index is 1.24. The average molecular weight is 516 g/mol. The SMILES string of the molecule is CCOC(=O)C(c1ccccc1)C1CCN(c2ccc(-n3ccn([C@H](C)C4CCCCC4)c3=O)cc2)CC1. The van der Waals surface area contributed by atoms with Gasteiger partial charge in [-0.3, -0.25) is 13.9 Å². The van der Waals surface area contributed by atoms with Crippen LogP contribution in [0.25, 0.3) is 5.69 Å². The lowest BCUT2D eigenvalue weighted by molar-refractivity contribution is -0.146. The Kier molecular flexibility index (Phi) is 8.35. The molecular weight excluding hydrogens is 474 g/mol. The molecule has 1 aliphatic carbocycles. The number of carbonyl (C=O) groups excluding carboxylic acids is 1. The molecule has 1 aliphatic heterocycles. The first-order chi connectivity index (χ1) is 18.6. The molecule has 0 N–H and O–H groups in total. The number of ether oxygens (including phenoxy) is 1. The summed E-state index contributed by atoms with van der Waals surface area (Å²) in [6, 6.07) is 18.6. The van der Waals surface area contributed by atoms with Gasteiger partial charge in [0.15, 0.2) is 0 Å². The maximum Gasteiger partial charge on any atom is 0.332 e. The monoisotopic (exact) mass is 515 g/mol. The molecule has 2 aliphatic rings. The molecule has 1 saturated heterocycles. The molecule has 0 amide bonds. The van der Waals surface area contributed by atoms with Crippen molar-refractivity contribution < 1.29 is 9.53 Å². The van der Waals surface area contributed by atoms with Gasteiger partial charge in [-0.25, -0.2) is 4.79 Å². The molecule has 38 heavy (non-hydrogen) atoms. The zero-order chi connectivity index (χ0) is 26.5. The molecule has 1 aromatic heterocycles. The van der Waals surface area contributed by atoms with Gasteiger partial charge in [0.05, 0.1) is 18.2 Å². The molecule has 202 valence electrons. The van der Waals surface area contributed by atoms with Gasteiger partial charge in [0, 0.05) is 37.2 Å². The minimum atomic E-state index is -0.215. The number of hydrogen-bond acceptors (Lipinski definition) is 4. The molecule has 2 heterocycles. The summed E-state index contributed by atoms with van der Waals surface area (Å²) in [6.07, 6.45) is 12.0.